The summed E-state index contributed by atoms with van der Waals surface area (Å²) in [6, 6.07) is 11.0. The lowest BCUT2D eigenvalue weighted by molar-refractivity contribution is 0.301. The van der Waals surface area contributed by atoms with Crippen molar-refractivity contribution >= 4 is 52.3 Å². The summed E-state index contributed by atoms with van der Waals surface area (Å²) in [4.78, 5) is -0.134. The predicted molar refractivity (Wildman–Crippen MR) is 156 cm³/mol. The number of rotatable bonds is 14. The summed E-state index contributed by atoms with van der Waals surface area (Å²) in [5.74, 6) is 0.496. The van der Waals surface area contributed by atoms with Crippen LogP contribution in [0.1, 0.15) is 39.2 Å². The fourth-order valence-electron chi connectivity index (χ4n) is 3.79. The molecule has 1 aromatic heterocycles. The van der Waals surface area contributed by atoms with Gasteiger partial charge in [0.25, 0.3) is 10.0 Å². The first-order chi connectivity index (χ1) is 18.9. The molecule has 1 heterocycles. The third kappa shape index (κ3) is 7.46. The third-order valence-electron chi connectivity index (χ3n) is 5.77. The molecule has 0 bridgehead atoms. The molecule has 1 N–H and O–H groups in total. The van der Waals surface area contributed by atoms with E-state index in [-0.39, 0.29) is 33.1 Å². The largest absolute Gasteiger partial charge is 0.492 e. The number of hydrogen-bond donors (Lipinski definition) is 1. The second kappa shape index (κ2) is 13.7. The Morgan fingerprint density at radius 2 is 1.80 bits per heavy atom. The standard InChI is InChI=1S/C26H31Cl2N4O6PS/c1-5-6-12-38-22-9-7-8-10-23(22)40(35,36)32(26(3,4)39(33)34)19-14-18(2)15-20(16-19)37-13-11-29-21-17-30-31-25(28)24(21)27/h7-10,14-17H,5-6,11-13H2,1-4H3,(H,29,31). The van der Waals surface area contributed by atoms with Gasteiger partial charge in [-0.25, -0.2) is 21.9 Å². The molecule has 0 fully saturated rings. The van der Waals surface area contributed by atoms with Gasteiger partial charge in [0.05, 0.1) is 24.2 Å². The Labute approximate surface area is 244 Å². The van der Waals surface area contributed by atoms with Gasteiger partial charge >= 0.3 is 7.68 Å². The number of nitrogens with one attached hydrogen (secondary N) is 1. The van der Waals surface area contributed by atoms with Gasteiger partial charge in [0.1, 0.15) is 28.0 Å². The van der Waals surface area contributed by atoms with E-state index in [1.807, 2.05) is 6.92 Å². The van der Waals surface area contributed by atoms with Gasteiger partial charge in [-0.2, -0.15) is 5.10 Å². The van der Waals surface area contributed by atoms with Crippen LogP contribution in [0.5, 0.6) is 11.5 Å². The van der Waals surface area contributed by atoms with E-state index in [4.69, 9.17) is 32.7 Å². The van der Waals surface area contributed by atoms with Crippen LogP contribution in [0.25, 0.3) is 0 Å². The highest BCUT2D eigenvalue weighted by Gasteiger charge is 2.43. The Morgan fingerprint density at radius 3 is 2.50 bits per heavy atom. The van der Waals surface area contributed by atoms with Crippen molar-refractivity contribution < 1.29 is 27.0 Å². The number of hydrogen-bond acceptors (Lipinski definition) is 9. The lowest BCUT2D eigenvalue weighted by Gasteiger charge is -2.34. The summed E-state index contributed by atoms with van der Waals surface area (Å²) in [6.45, 7) is 7.23. The second-order valence-corrected chi connectivity index (χ2v) is 13.4. The van der Waals surface area contributed by atoms with Crippen molar-refractivity contribution in [2.45, 2.75) is 50.7 Å². The Bertz CT molecular complexity index is 1510. The number of anilines is 2. The van der Waals surface area contributed by atoms with E-state index >= 15 is 0 Å². The second-order valence-electron chi connectivity index (χ2n) is 9.31. The van der Waals surface area contributed by atoms with Gasteiger partial charge in [-0.15, -0.1) is 5.10 Å². The Kier molecular flexibility index (Phi) is 10.8. The average Bonchev–Trinajstić information content (AvgIpc) is 2.88. The number of halogens is 2. The van der Waals surface area contributed by atoms with Gasteiger partial charge in [0, 0.05) is 12.6 Å². The first-order valence-corrected chi connectivity index (χ1v) is 15.8. The smallest absolute Gasteiger partial charge is 0.342 e. The van der Waals surface area contributed by atoms with Crippen LogP contribution in [0.3, 0.4) is 0 Å². The highest BCUT2D eigenvalue weighted by Crippen LogP contribution is 2.43. The van der Waals surface area contributed by atoms with E-state index in [9.17, 15) is 17.5 Å². The molecule has 0 radical (unpaired) electrons. The molecular formula is C26H31Cl2N4O6PS. The number of sulfonamides is 1. The summed E-state index contributed by atoms with van der Waals surface area (Å²) in [6.07, 6.45) is 3.03. The van der Waals surface area contributed by atoms with E-state index in [1.54, 1.807) is 37.3 Å². The van der Waals surface area contributed by atoms with Crippen LogP contribution >= 0.6 is 30.9 Å². The van der Waals surface area contributed by atoms with Crippen molar-refractivity contribution in [3.8, 4) is 11.5 Å². The van der Waals surface area contributed by atoms with Gasteiger partial charge in [-0.05, 0) is 57.0 Å². The zero-order valence-electron chi connectivity index (χ0n) is 22.6. The van der Waals surface area contributed by atoms with E-state index in [1.165, 1.54) is 32.2 Å². The first-order valence-electron chi connectivity index (χ1n) is 12.5. The van der Waals surface area contributed by atoms with E-state index in [0.717, 1.165) is 17.1 Å². The summed E-state index contributed by atoms with van der Waals surface area (Å²) >= 11 is 12.0. The van der Waals surface area contributed by atoms with Crippen LogP contribution in [0.2, 0.25) is 10.2 Å². The summed E-state index contributed by atoms with van der Waals surface area (Å²) < 4.78 is 65.6. The number of unbranched alkanes of at least 4 members (excludes halogenated alkanes) is 1. The van der Waals surface area contributed by atoms with Gasteiger partial charge in [0.15, 0.2) is 10.4 Å². The molecule has 0 aliphatic heterocycles. The monoisotopic (exact) mass is 628 g/mol. The number of para-hydroxylation sites is 1. The Hall–Kier alpha value is -2.85. The average molecular weight is 630 g/mol. The van der Waals surface area contributed by atoms with Crippen LogP contribution in [-0.2, 0) is 19.2 Å². The van der Waals surface area contributed by atoms with Crippen LogP contribution in [-0.4, -0.2) is 43.7 Å². The predicted octanol–water partition coefficient (Wildman–Crippen LogP) is 6.87. The molecule has 3 rings (SSSR count). The summed E-state index contributed by atoms with van der Waals surface area (Å²) in [5, 5.41) is 8.92. The topological polar surface area (TPSA) is 128 Å². The molecule has 0 unspecified atom stereocenters. The lowest BCUT2D eigenvalue weighted by Crippen LogP contribution is -2.45. The Morgan fingerprint density at radius 1 is 1.07 bits per heavy atom. The minimum absolute atomic E-state index is 0.0638. The molecule has 0 spiro atoms. The number of aryl methyl sites for hydroxylation is 1. The molecule has 216 valence electrons. The maximum absolute atomic E-state index is 14.1. The highest BCUT2D eigenvalue weighted by molar-refractivity contribution is 7.93. The van der Waals surface area contributed by atoms with Crippen molar-refractivity contribution in [2.75, 3.05) is 29.4 Å². The van der Waals surface area contributed by atoms with Crippen LogP contribution in [0.4, 0.5) is 11.4 Å². The van der Waals surface area contributed by atoms with Gasteiger partial charge in [-0.1, -0.05) is 48.7 Å². The van der Waals surface area contributed by atoms with Crippen molar-refractivity contribution in [3.05, 3.63) is 64.4 Å². The van der Waals surface area contributed by atoms with Crippen LogP contribution < -0.4 is 19.1 Å². The maximum Gasteiger partial charge on any atom is 0.342 e. The molecular weight excluding hydrogens is 598 g/mol. The van der Waals surface area contributed by atoms with Crippen molar-refractivity contribution in [2.24, 2.45) is 0 Å². The summed E-state index contributed by atoms with van der Waals surface area (Å²) in [7, 11) is -7.64. The molecule has 14 heteroatoms. The molecule has 10 nitrogen and oxygen atoms in total. The molecule has 3 aromatic rings. The van der Waals surface area contributed by atoms with E-state index < -0.39 is 23.0 Å². The SMILES string of the molecule is CCCCOc1ccccc1S(=O)(=O)N(c1cc(C)cc(OCCNc2cnnc(Cl)c2Cl)c1)C(C)(C)P(=O)=O. The van der Waals surface area contributed by atoms with Crippen molar-refractivity contribution in [3.63, 3.8) is 0 Å². The van der Waals surface area contributed by atoms with Gasteiger partial charge in [-0.3, -0.25) is 0 Å². The molecule has 0 saturated heterocycles. The quantitative estimate of drug-likeness (QED) is 0.150. The highest BCUT2D eigenvalue weighted by atomic mass is 35.5. The minimum atomic E-state index is -4.41. The fourth-order valence-corrected chi connectivity index (χ4v) is 6.67. The molecule has 40 heavy (non-hydrogen) atoms. The number of benzene rings is 2. The van der Waals surface area contributed by atoms with E-state index in [0.29, 0.717) is 30.2 Å². The van der Waals surface area contributed by atoms with Crippen molar-refractivity contribution in [1.82, 2.24) is 10.2 Å². The fraction of sp³-hybridized carbons (Fsp3) is 0.385. The lowest BCUT2D eigenvalue weighted by atomic mass is 10.2. The zero-order valence-corrected chi connectivity index (χ0v) is 25.8. The van der Waals surface area contributed by atoms with Gasteiger partial charge < -0.3 is 14.8 Å². The molecule has 0 saturated carbocycles. The third-order valence-corrected chi connectivity index (χ3v) is 9.79. The number of aromatic nitrogens is 2. The van der Waals surface area contributed by atoms with Gasteiger partial charge in [0.2, 0.25) is 0 Å². The van der Waals surface area contributed by atoms with Crippen LogP contribution in [0.15, 0.2) is 53.6 Å². The molecule has 0 aliphatic carbocycles. The molecule has 0 amide bonds. The normalized spacial score (nSPS) is 11.7. The van der Waals surface area contributed by atoms with Crippen molar-refractivity contribution in [1.29, 1.82) is 0 Å². The Balaban J connectivity index is 1.95. The van der Waals surface area contributed by atoms with E-state index in [2.05, 4.69) is 15.5 Å². The minimum Gasteiger partial charge on any atom is -0.492 e. The first kappa shape index (κ1) is 31.7. The molecule has 0 atom stereocenters. The van der Waals surface area contributed by atoms with Crippen LogP contribution in [0, 0.1) is 6.92 Å². The molecule has 2 aromatic carbocycles. The number of nitrogens with zero attached hydrogens (tertiary/aromatic N) is 3. The summed E-state index contributed by atoms with van der Waals surface area (Å²) in [5.41, 5.74) is 1.27. The maximum atomic E-state index is 14.1. The number of ether oxygens (including phenoxy) is 2. The molecule has 0 aliphatic rings. The zero-order chi connectivity index (χ0) is 29.5.